The van der Waals surface area contributed by atoms with E-state index in [9.17, 15) is 0 Å². The Bertz CT molecular complexity index is 1120. The molecule has 3 heterocycles. The molecule has 0 aliphatic rings. The van der Waals surface area contributed by atoms with Crippen molar-refractivity contribution in [3.05, 3.63) is 65.1 Å². The molecule has 1 unspecified atom stereocenters. The molecule has 0 spiro atoms. The maximum Gasteiger partial charge on any atom is 0.178 e. The Morgan fingerprint density at radius 1 is 1.25 bits per heavy atom. The first kappa shape index (κ1) is 18.1. The van der Waals surface area contributed by atoms with Gasteiger partial charge in [0.15, 0.2) is 5.82 Å². The van der Waals surface area contributed by atoms with Crippen LogP contribution in [0.3, 0.4) is 0 Å². The smallest absolute Gasteiger partial charge is 0.178 e. The third kappa shape index (κ3) is 3.73. The lowest BCUT2D eigenvalue weighted by Crippen LogP contribution is -2.19. The van der Waals surface area contributed by atoms with E-state index in [0.717, 1.165) is 42.0 Å². The number of unbranched alkanes of at least 4 members (excludes halogenated alkanes) is 1. The van der Waals surface area contributed by atoms with Crippen molar-refractivity contribution < 1.29 is 0 Å². The van der Waals surface area contributed by atoms with Gasteiger partial charge in [0.05, 0.1) is 0 Å². The summed E-state index contributed by atoms with van der Waals surface area (Å²) in [4.78, 5) is 4.30. The molecule has 1 atom stereocenters. The van der Waals surface area contributed by atoms with Crippen molar-refractivity contribution in [2.75, 3.05) is 5.32 Å². The van der Waals surface area contributed by atoms with E-state index >= 15 is 0 Å². The van der Waals surface area contributed by atoms with E-state index in [0.29, 0.717) is 0 Å². The van der Waals surface area contributed by atoms with Crippen molar-refractivity contribution in [2.24, 2.45) is 0 Å². The highest BCUT2D eigenvalue weighted by Crippen LogP contribution is 2.29. The van der Waals surface area contributed by atoms with Gasteiger partial charge in [-0.1, -0.05) is 25.3 Å². The van der Waals surface area contributed by atoms with Gasteiger partial charge in [-0.15, -0.1) is 22.9 Å². The van der Waals surface area contributed by atoms with Gasteiger partial charge in [-0.3, -0.25) is 4.98 Å². The zero-order chi connectivity index (χ0) is 19.3. The summed E-state index contributed by atoms with van der Waals surface area (Å²) in [6, 6.07) is 10.1. The van der Waals surface area contributed by atoms with Crippen LogP contribution in [0.2, 0.25) is 0 Å². The van der Waals surface area contributed by atoms with Gasteiger partial charge in [-0.2, -0.15) is 0 Å². The Kier molecular flexibility index (Phi) is 5.31. The SMILES string of the molecule is C#Cc1cncc(C(Nc2ccc3ccsc3c2)c2nnnn2CCCC)c1. The Labute approximate surface area is 167 Å². The fraction of sp³-hybridized carbons (Fsp3) is 0.238. The number of benzene rings is 1. The topological polar surface area (TPSA) is 68.5 Å². The first-order chi connectivity index (χ1) is 13.8. The number of pyridine rings is 1. The molecule has 140 valence electrons. The summed E-state index contributed by atoms with van der Waals surface area (Å²) >= 11 is 1.72. The van der Waals surface area contributed by atoms with E-state index in [-0.39, 0.29) is 6.04 Å². The first-order valence-corrected chi connectivity index (χ1v) is 10.1. The van der Waals surface area contributed by atoms with Gasteiger partial charge in [-0.25, -0.2) is 4.68 Å². The van der Waals surface area contributed by atoms with Crippen molar-refractivity contribution in [1.82, 2.24) is 25.2 Å². The molecule has 1 aromatic carbocycles. The highest BCUT2D eigenvalue weighted by molar-refractivity contribution is 7.17. The summed E-state index contributed by atoms with van der Waals surface area (Å²) in [6.07, 6.45) is 11.1. The molecular formula is C21H20N6S. The minimum absolute atomic E-state index is 0.259. The number of fused-ring (bicyclic) bond motifs is 1. The van der Waals surface area contributed by atoms with Gasteiger partial charge in [0.25, 0.3) is 0 Å². The van der Waals surface area contributed by atoms with Crippen LogP contribution in [0.25, 0.3) is 10.1 Å². The maximum absolute atomic E-state index is 5.58. The quantitative estimate of drug-likeness (QED) is 0.479. The minimum atomic E-state index is -0.259. The molecule has 0 amide bonds. The standard InChI is InChI=1S/C21H20N6S/c1-3-5-9-27-21(24-25-26-27)20(17-11-15(4-2)13-22-14-17)23-18-7-6-16-8-10-28-19(16)12-18/h2,6-8,10-14,20,23H,3,5,9H2,1H3. The lowest BCUT2D eigenvalue weighted by molar-refractivity contribution is 0.527. The zero-order valence-electron chi connectivity index (χ0n) is 15.5. The number of tetrazole rings is 1. The van der Waals surface area contributed by atoms with Crippen LogP contribution in [0.4, 0.5) is 5.69 Å². The fourth-order valence-corrected chi connectivity index (χ4v) is 3.92. The Balaban J connectivity index is 1.74. The summed E-state index contributed by atoms with van der Waals surface area (Å²) in [5, 5.41) is 19.3. The van der Waals surface area contributed by atoms with E-state index in [1.54, 1.807) is 23.7 Å². The van der Waals surface area contributed by atoms with Crippen molar-refractivity contribution in [3.8, 4) is 12.3 Å². The van der Waals surface area contributed by atoms with Crippen LogP contribution >= 0.6 is 11.3 Å². The van der Waals surface area contributed by atoms with Crippen molar-refractivity contribution in [2.45, 2.75) is 32.4 Å². The van der Waals surface area contributed by atoms with Gasteiger partial charge in [0.2, 0.25) is 0 Å². The Hall–Kier alpha value is -3.24. The lowest BCUT2D eigenvalue weighted by Gasteiger charge is -2.20. The highest BCUT2D eigenvalue weighted by Gasteiger charge is 2.22. The molecule has 0 aliphatic heterocycles. The van der Waals surface area contributed by atoms with Gasteiger partial charge in [0, 0.05) is 40.5 Å². The zero-order valence-corrected chi connectivity index (χ0v) is 16.4. The number of aryl methyl sites for hydroxylation is 1. The summed E-state index contributed by atoms with van der Waals surface area (Å²) in [6.45, 7) is 2.92. The van der Waals surface area contributed by atoms with E-state index in [1.807, 2.05) is 10.7 Å². The van der Waals surface area contributed by atoms with Gasteiger partial charge in [-0.05, 0) is 51.9 Å². The van der Waals surface area contributed by atoms with Crippen LogP contribution in [-0.4, -0.2) is 25.2 Å². The van der Waals surface area contributed by atoms with Gasteiger partial charge in [0.1, 0.15) is 6.04 Å². The number of rotatable bonds is 7. The van der Waals surface area contributed by atoms with Crippen LogP contribution < -0.4 is 5.32 Å². The largest absolute Gasteiger partial charge is 0.371 e. The molecule has 0 aliphatic carbocycles. The van der Waals surface area contributed by atoms with Crippen LogP contribution in [0, 0.1) is 12.3 Å². The first-order valence-electron chi connectivity index (χ1n) is 9.20. The number of nitrogens with zero attached hydrogens (tertiary/aromatic N) is 5. The molecular weight excluding hydrogens is 368 g/mol. The number of thiophene rings is 1. The van der Waals surface area contributed by atoms with E-state index in [2.05, 4.69) is 68.3 Å². The molecule has 4 rings (SSSR count). The number of hydrogen-bond donors (Lipinski definition) is 1. The minimum Gasteiger partial charge on any atom is -0.371 e. The Morgan fingerprint density at radius 2 is 2.18 bits per heavy atom. The second-order valence-corrected chi connectivity index (χ2v) is 7.46. The summed E-state index contributed by atoms with van der Waals surface area (Å²) < 4.78 is 3.08. The predicted molar refractivity (Wildman–Crippen MR) is 112 cm³/mol. The van der Waals surface area contributed by atoms with Crippen LogP contribution in [-0.2, 0) is 6.54 Å². The normalized spacial score (nSPS) is 12.0. The maximum atomic E-state index is 5.58. The molecule has 3 aromatic heterocycles. The number of anilines is 1. The van der Waals surface area contributed by atoms with Gasteiger partial charge < -0.3 is 5.32 Å². The molecule has 6 nitrogen and oxygen atoms in total. The molecule has 0 saturated carbocycles. The second-order valence-electron chi connectivity index (χ2n) is 6.52. The number of aromatic nitrogens is 5. The third-order valence-corrected chi connectivity index (χ3v) is 5.45. The summed E-state index contributed by atoms with van der Waals surface area (Å²) in [5.74, 6) is 3.40. The van der Waals surface area contributed by atoms with Crippen LogP contribution in [0.1, 0.15) is 42.8 Å². The summed E-state index contributed by atoms with van der Waals surface area (Å²) in [7, 11) is 0. The number of hydrogen-bond acceptors (Lipinski definition) is 6. The molecule has 7 heteroatoms. The fourth-order valence-electron chi connectivity index (χ4n) is 3.09. The highest BCUT2D eigenvalue weighted by atomic mass is 32.1. The molecule has 28 heavy (non-hydrogen) atoms. The average molecular weight is 389 g/mol. The molecule has 0 bridgehead atoms. The molecule has 1 N–H and O–H groups in total. The molecule has 0 saturated heterocycles. The lowest BCUT2D eigenvalue weighted by atomic mass is 10.1. The molecule has 0 radical (unpaired) electrons. The van der Waals surface area contributed by atoms with E-state index < -0.39 is 0 Å². The molecule has 4 aromatic rings. The molecule has 0 fully saturated rings. The van der Waals surface area contributed by atoms with Crippen molar-refractivity contribution >= 4 is 27.1 Å². The third-order valence-electron chi connectivity index (χ3n) is 4.57. The monoisotopic (exact) mass is 388 g/mol. The second kappa shape index (κ2) is 8.19. The Morgan fingerprint density at radius 3 is 3.04 bits per heavy atom. The van der Waals surface area contributed by atoms with Crippen molar-refractivity contribution in [3.63, 3.8) is 0 Å². The van der Waals surface area contributed by atoms with Crippen LogP contribution in [0.15, 0.2) is 48.1 Å². The predicted octanol–water partition coefficient (Wildman–Crippen LogP) is 4.27. The van der Waals surface area contributed by atoms with Crippen LogP contribution in [0.5, 0.6) is 0 Å². The van der Waals surface area contributed by atoms with E-state index in [1.165, 1.54) is 10.1 Å². The average Bonchev–Trinajstić information content (AvgIpc) is 3.39. The van der Waals surface area contributed by atoms with Crippen molar-refractivity contribution in [1.29, 1.82) is 0 Å². The van der Waals surface area contributed by atoms with Gasteiger partial charge >= 0.3 is 0 Å². The van der Waals surface area contributed by atoms with E-state index in [4.69, 9.17) is 6.42 Å². The number of terminal acetylenes is 1. The number of nitrogens with one attached hydrogen (secondary N) is 1. The summed E-state index contributed by atoms with van der Waals surface area (Å²) in [5.41, 5.74) is 2.65.